The van der Waals surface area contributed by atoms with Crippen LogP contribution >= 0.6 is 0 Å². The Kier molecular flexibility index (Phi) is 6.24. The largest absolute Gasteiger partial charge is 0.417 e. The molecule has 0 unspecified atom stereocenters. The molecule has 0 radical (unpaired) electrons. The summed E-state index contributed by atoms with van der Waals surface area (Å²) in [4.78, 5) is 7.81. The van der Waals surface area contributed by atoms with Gasteiger partial charge in [0.25, 0.3) is 0 Å². The van der Waals surface area contributed by atoms with E-state index >= 15 is 0 Å². The lowest BCUT2D eigenvalue weighted by Crippen LogP contribution is -2.32. The SMILES string of the molecule is CN1CCC(O)CC1.FC(F)(F)c1cncc(N2CCCC2)c1. The minimum atomic E-state index is -4.30. The van der Waals surface area contributed by atoms with Crippen molar-refractivity contribution in [2.24, 2.45) is 0 Å². The Morgan fingerprint density at radius 2 is 1.70 bits per heavy atom. The van der Waals surface area contributed by atoms with Crippen molar-refractivity contribution in [2.75, 3.05) is 38.1 Å². The topological polar surface area (TPSA) is 39.6 Å². The minimum Gasteiger partial charge on any atom is -0.393 e. The molecule has 4 nitrogen and oxygen atoms in total. The number of hydrogen-bond acceptors (Lipinski definition) is 4. The number of rotatable bonds is 1. The van der Waals surface area contributed by atoms with E-state index in [1.54, 1.807) is 0 Å². The van der Waals surface area contributed by atoms with Crippen molar-refractivity contribution in [3.63, 3.8) is 0 Å². The fraction of sp³-hybridized carbons (Fsp3) is 0.688. The molecule has 1 aromatic heterocycles. The minimum absolute atomic E-state index is 0.0220. The predicted molar refractivity (Wildman–Crippen MR) is 83.4 cm³/mol. The van der Waals surface area contributed by atoms with Gasteiger partial charge >= 0.3 is 6.18 Å². The predicted octanol–water partition coefficient (Wildman–Crippen LogP) is 2.77. The number of halogens is 3. The smallest absolute Gasteiger partial charge is 0.393 e. The van der Waals surface area contributed by atoms with Gasteiger partial charge in [-0.05, 0) is 38.8 Å². The molecule has 1 aromatic rings. The van der Waals surface area contributed by atoms with Gasteiger partial charge in [-0.2, -0.15) is 13.2 Å². The summed E-state index contributed by atoms with van der Waals surface area (Å²) in [5.41, 5.74) is -0.103. The van der Waals surface area contributed by atoms with Crippen molar-refractivity contribution in [3.8, 4) is 0 Å². The zero-order valence-corrected chi connectivity index (χ0v) is 13.4. The number of piperidine rings is 1. The van der Waals surface area contributed by atoms with E-state index in [-0.39, 0.29) is 6.10 Å². The fourth-order valence-electron chi connectivity index (χ4n) is 2.73. The maximum absolute atomic E-state index is 12.4. The third-order valence-corrected chi connectivity index (χ3v) is 4.21. The summed E-state index contributed by atoms with van der Waals surface area (Å²) in [6, 6.07) is 1.16. The molecule has 3 heterocycles. The van der Waals surface area contributed by atoms with Gasteiger partial charge in [0.2, 0.25) is 0 Å². The van der Waals surface area contributed by atoms with Crippen LogP contribution in [0.1, 0.15) is 31.2 Å². The molecule has 2 aliphatic heterocycles. The molecule has 2 saturated heterocycles. The summed E-state index contributed by atoms with van der Waals surface area (Å²) in [5.74, 6) is 0. The van der Waals surface area contributed by atoms with Gasteiger partial charge in [0.1, 0.15) is 0 Å². The Bertz CT molecular complexity index is 472. The summed E-state index contributed by atoms with van der Waals surface area (Å²) in [6.07, 6.45) is 2.01. The van der Waals surface area contributed by atoms with Crippen molar-refractivity contribution in [2.45, 2.75) is 38.0 Å². The van der Waals surface area contributed by atoms with Gasteiger partial charge in [0.05, 0.1) is 23.6 Å². The summed E-state index contributed by atoms with van der Waals surface area (Å²) >= 11 is 0. The van der Waals surface area contributed by atoms with Gasteiger partial charge in [0, 0.05) is 32.4 Å². The van der Waals surface area contributed by atoms with Crippen molar-refractivity contribution in [3.05, 3.63) is 24.0 Å². The fourth-order valence-corrected chi connectivity index (χ4v) is 2.73. The lowest BCUT2D eigenvalue weighted by molar-refractivity contribution is -0.137. The highest BCUT2D eigenvalue weighted by atomic mass is 19.4. The van der Waals surface area contributed by atoms with Gasteiger partial charge in [-0.15, -0.1) is 0 Å². The first-order valence-corrected chi connectivity index (χ1v) is 8.00. The van der Waals surface area contributed by atoms with Crippen molar-refractivity contribution < 1.29 is 18.3 Å². The average molecular weight is 331 g/mol. The first kappa shape index (κ1) is 18.0. The molecular formula is C16H24F3N3O. The van der Waals surface area contributed by atoms with E-state index < -0.39 is 11.7 Å². The second-order valence-electron chi connectivity index (χ2n) is 6.16. The number of nitrogens with zero attached hydrogens (tertiary/aromatic N) is 3. The first-order valence-electron chi connectivity index (χ1n) is 8.00. The van der Waals surface area contributed by atoms with Crippen molar-refractivity contribution in [1.82, 2.24) is 9.88 Å². The van der Waals surface area contributed by atoms with Crippen LogP contribution in [0.3, 0.4) is 0 Å². The van der Waals surface area contributed by atoms with E-state index in [0.717, 1.165) is 64.1 Å². The summed E-state index contributed by atoms with van der Waals surface area (Å²) < 4.78 is 37.2. The van der Waals surface area contributed by atoms with Crippen molar-refractivity contribution in [1.29, 1.82) is 0 Å². The van der Waals surface area contributed by atoms with E-state index in [1.165, 1.54) is 6.20 Å². The Balaban J connectivity index is 0.000000203. The number of likely N-dealkylation sites (tertiary alicyclic amines) is 1. The van der Waals surface area contributed by atoms with Crippen LogP contribution in [0.25, 0.3) is 0 Å². The van der Waals surface area contributed by atoms with Crippen LogP contribution in [-0.4, -0.2) is 54.3 Å². The molecule has 0 saturated carbocycles. The molecule has 7 heteroatoms. The molecule has 0 atom stereocenters. The molecule has 3 rings (SSSR count). The highest BCUT2D eigenvalue weighted by Crippen LogP contribution is 2.31. The molecule has 0 amide bonds. The van der Waals surface area contributed by atoms with Crippen LogP contribution in [0, 0.1) is 0 Å². The number of aliphatic hydroxyl groups is 1. The number of pyridine rings is 1. The Morgan fingerprint density at radius 1 is 1.09 bits per heavy atom. The van der Waals surface area contributed by atoms with E-state index in [9.17, 15) is 13.2 Å². The van der Waals surface area contributed by atoms with Crippen LogP contribution in [0.5, 0.6) is 0 Å². The van der Waals surface area contributed by atoms with Gasteiger partial charge < -0.3 is 14.9 Å². The van der Waals surface area contributed by atoms with Gasteiger partial charge in [-0.1, -0.05) is 0 Å². The Labute approximate surface area is 134 Å². The normalized spacial score (nSPS) is 20.3. The molecule has 2 fully saturated rings. The number of alkyl halides is 3. The van der Waals surface area contributed by atoms with Gasteiger partial charge in [0.15, 0.2) is 0 Å². The lowest BCUT2D eigenvalue weighted by Gasteiger charge is -2.25. The van der Waals surface area contributed by atoms with E-state index in [2.05, 4.69) is 16.9 Å². The zero-order chi connectivity index (χ0) is 16.9. The molecule has 0 aromatic carbocycles. The number of anilines is 1. The van der Waals surface area contributed by atoms with Crippen LogP contribution in [0.2, 0.25) is 0 Å². The van der Waals surface area contributed by atoms with Crippen molar-refractivity contribution >= 4 is 5.69 Å². The van der Waals surface area contributed by atoms with E-state index in [0.29, 0.717) is 5.69 Å². The third-order valence-electron chi connectivity index (χ3n) is 4.21. The third kappa shape index (κ3) is 5.66. The first-order chi connectivity index (χ1) is 10.9. The number of aliphatic hydroxyl groups excluding tert-OH is 1. The maximum atomic E-state index is 12.4. The molecule has 0 aliphatic carbocycles. The highest BCUT2D eigenvalue weighted by Gasteiger charge is 2.31. The molecule has 23 heavy (non-hydrogen) atoms. The van der Waals surface area contributed by atoms with E-state index in [1.807, 2.05) is 4.90 Å². The molecule has 2 aliphatic rings. The Morgan fingerprint density at radius 3 is 2.22 bits per heavy atom. The van der Waals surface area contributed by atoms with Gasteiger partial charge in [-0.25, -0.2) is 0 Å². The van der Waals surface area contributed by atoms with Gasteiger partial charge in [-0.3, -0.25) is 4.98 Å². The second-order valence-corrected chi connectivity index (χ2v) is 6.16. The second kappa shape index (κ2) is 7.97. The van der Waals surface area contributed by atoms with Crippen LogP contribution < -0.4 is 4.90 Å². The molecular weight excluding hydrogens is 307 g/mol. The maximum Gasteiger partial charge on any atom is 0.417 e. The summed E-state index contributed by atoms with van der Waals surface area (Å²) in [7, 11) is 2.09. The number of hydrogen-bond donors (Lipinski definition) is 1. The molecule has 1 N–H and O–H groups in total. The van der Waals surface area contributed by atoms with Crippen LogP contribution in [0.15, 0.2) is 18.5 Å². The van der Waals surface area contributed by atoms with Crippen LogP contribution in [0.4, 0.5) is 18.9 Å². The number of aromatic nitrogens is 1. The Hall–Kier alpha value is -1.34. The summed E-state index contributed by atoms with van der Waals surface area (Å²) in [5, 5.41) is 9.00. The standard InChI is InChI=1S/C10H11F3N2.C6H13NO/c11-10(12,13)8-5-9(7-14-6-8)15-3-1-2-4-15;1-7-4-2-6(8)3-5-7/h5-7H,1-4H2;6,8H,2-5H2,1H3. The highest BCUT2D eigenvalue weighted by molar-refractivity contribution is 5.47. The van der Waals surface area contributed by atoms with E-state index in [4.69, 9.17) is 5.11 Å². The monoisotopic (exact) mass is 331 g/mol. The van der Waals surface area contributed by atoms with Crippen LogP contribution in [-0.2, 0) is 6.18 Å². The lowest BCUT2D eigenvalue weighted by atomic mass is 10.1. The average Bonchev–Trinajstić information content (AvgIpc) is 3.05. The molecule has 0 bridgehead atoms. The quantitative estimate of drug-likeness (QED) is 0.859. The molecule has 130 valence electrons. The zero-order valence-electron chi connectivity index (χ0n) is 13.4. The summed E-state index contributed by atoms with van der Waals surface area (Å²) in [6.45, 7) is 3.76. The molecule has 0 spiro atoms.